The first-order chi connectivity index (χ1) is 11.0. The third-order valence-electron chi connectivity index (χ3n) is 4.44. The molecule has 0 atom stereocenters. The molecule has 0 fully saturated rings. The lowest BCUT2D eigenvalue weighted by Crippen LogP contribution is -2.36. The zero-order chi connectivity index (χ0) is 16.0. The molecule has 1 aliphatic rings. The van der Waals surface area contributed by atoms with E-state index in [0.717, 1.165) is 30.1 Å². The van der Waals surface area contributed by atoms with Gasteiger partial charge in [0.05, 0.1) is 16.8 Å². The van der Waals surface area contributed by atoms with Crippen molar-refractivity contribution in [1.82, 2.24) is 19.5 Å². The van der Waals surface area contributed by atoms with Crippen LogP contribution in [0.1, 0.15) is 26.1 Å². The monoisotopic (exact) mass is 306 g/mol. The number of aryl methyl sites for hydroxylation is 1. The van der Waals surface area contributed by atoms with Crippen molar-refractivity contribution in [1.29, 1.82) is 0 Å². The van der Waals surface area contributed by atoms with E-state index in [9.17, 15) is 4.79 Å². The van der Waals surface area contributed by atoms with Crippen molar-refractivity contribution in [3.8, 4) is 11.4 Å². The van der Waals surface area contributed by atoms with Gasteiger partial charge in [0.2, 0.25) is 0 Å². The van der Waals surface area contributed by atoms with Gasteiger partial charge in [-0.1, -0.05) is 19.9 Å². The Balaban J connectivity index is 1.90. The van der Waals surface area contributed by atoms with Crippen LogP contribution in [0.25, 0.3) is 22.4 Å². The van der Waals surface area contributed by atoms with Gasteiger partial charge in [-0.15, -0.1) is 0 Å². The minimum Gasteiger partial charge on any atom is -0.295 e. The highest BCUT2D eigenvalue weighted by molar-refractivity contribution is 5.76. The molecule has 0 bridgehead atoms. The molecule has 5 heteroatoms. The third kappa shape index (κ3) is 2.42. The van der Waals surface area contributed by atoms with Crippen molar-refractivity contribution in [2.45, 2.75) is 33.2 Å². The van der Waals surface area contributed by atoms with Gasteiger partial charge in [0.1, 0.15) is 5.82 Å². The van der Waals surface area contributed by atoms with E-state index in [4.69, 9.17) is 0 Å². The molecule has 3 aromatic heterocycles. The zero-order valence-corrected chi connectivity index (χ0v) is 13.3. The Kier molecular flexibility index (Phi) is 3.04. The van der Waals surface area contributed by atoms with E-state index in [1.165, 1.54) is 0 Å². The number of hydrogen-bond donors (Lipinski definition) is 0. The lowest BCUT2D eigenvalue weighted by Gasteiger charge is -2.31. The molecule has 23 heavy (non-hydrogen) atoms. The number of hydrogen-bond acceptors (Lipinski definition) is 4. The smallest absolute Gasteiger partial charge is 0.263 e. The maximum atomic E-state index is 12.8. The quantitative estimate of drug-likeness (QED) is 0.693. The van der Waals surface area contributed by atoms with E-state index in [2.05, 4.69) is 28.8 Å². The van der Waals surface area contributed by atoms with Crippen molar-refractivity contribution in [3.05, 3.63) is 52.7 Å². The first kappa shape index (κ1) is 14.1. The van der Waals surface area contributed by atoms with Crippen molar-refractivity contribution in [2.24, 2.45) is 5.41 Å². The van der Waals surface area contributed by atoms with E-state index in [-0.39, 0.29) is 11.0 Å². The highest BCUT2D eigenvalue weighted by Crippen LogP contribution is 2.29. The van der Waals surface area contributed by atoms with Gasteiger partial charge in [-0.3, -0.25) is 14.3 Å². The highest BCUT2D eigenvalue weighted by Gasteiger charge is 2.27. The van der Waals surface area contributed by atoms with Gasteiger partial charge in [0.15, 0.2) is 5.65 Å². The second-order valence-electron chi connectivity index (χ2n) is 6.87. The summed E-state index contributed by atoms with van der Waals surface area (Å²) in [5.41, 5.74) is 2.19. The molecule has 0 aliphatic carbocycles. The maximum Gasteiger partial charge on any atom is 0.263 e. The predicted octanol–water partition coefficient (Wildman–Crippen LogP) is 2.83. The highest BCUT2D eigenvalue weighted by atomic mass is 16.1. The Hall–Kier alpha value is -2.56. The van der Waals surface area contributed by atoms with Crippen LogP contribution in [0.5, 0.6) is 0 Å². The molecule has 0 spiro atoms. The molecule has 4 heterocycles. The second kappa shape index (κ2) is 4.98. The Morgan fingerprint density at radius 1 is 1.09 bits per heavy atom. The van der Waals surface area contributed by atoms with Gasteiger partial charge in [0, 0.05) is 19.2 Å². The molecule has 0 saturated carbocycles. The van der Waals surface area contributed by atoms with Crippen molar-refractivity contribution in [3.63, 3.8) is 0 Å². The van der Waals surface area contributed by atoms with E-state index >= 15 is 0 Å². The maximum absolute atomic E-state index is 12.8. The number of aromatic nitrogens is 4. The van der Waals surface area contributed by atoms with Crippen molar-refractivity contribution < 1.29 is 0 Å². The number of rotatable bonds is 1. The average Bonchev–Trinajstić information content (AvgIpc) is 2.56. The summed E-state index contributed by atoms with van der Waals surface area (Å²) in [6.45, 7) is 5.09. The fourth-order valence-electron chi connectivity index (χ4n) is 3.11. The van der Waals surface area contributed by atoms with E-state index < -0.39 is 0 Å². The fourth-order valence-corrected chi connectivity index (χ4v) is 3.11. The lowest BCUT2D eigenvalue weighted by molar-refractivity contribution is 0.240. The molecular formula is C18H18N4O. The largest absolute Gasteiger partial charge is 0.295 e. The Morgan fingerprint density at radius 3 is 2.74 bits per heavy atom. The third-order valence-corrected chi connectivity index (χ3v) is 4.44. The summed E-state index contributed by atoms with van der Waals surface area (Å²) in [5, 5.41) is 0.575. The van der Waals surface area contributed by atoms with Crippen molar-refractivity contribution in [2.75, 3.05) is 0 Å². The number of nitrogens with zero attached hydrogens (tertiary/aromatic N) is 4. The van der Waals surface area contributed by atoms with E-state index in [1.54, 1.807) is 6.20 Å². The Morgan fingerprint density at radius 2 is 1.96 bits per heavy atom. The van der Waals surface area contributed by atoms with Crippen molar-refractivity contribution >= 4 is 11.0 Å². The van der Waals surface area contributed by atoms with Gasteiger partial charge in [-0.25, -0.2) is 9.97 Å². The topological polar surface area (TPSA) is 60.7 Å². The summed E-state index contributed by atoms with van der Waals surface area (Å²) in [6.07, 6.45) is 3.58. The second-order valence-corrected chi connectivity index (χ2v) is 6.87. The summed E-state index contributed by atoms with van der Waals surface area (Å²) in [4.78, 5) is 26.3. The molecular weight excluding hydrogens is 288 g/mol. The van der Waals surface area contributed by atoms with Crippen LogP contribution in [0.15, 0.2) is 41.3 Å². The number of pyridine rings is 2. The standard InChI is InChI=1S/C18H18N4O/c1-18(2)9-8-15-21-16-12(17(23)22(15)11-18)6-7-14(20-16)13-5-3-4-10-19-13/h3-7,10H,8-9,11H2,1-2H3. The summed E-state index contributed by atoms with van der Waals surface area (Å²) >= 11 is 0. The molecule has 0 saturated heterocycles. The lowest BCUT2D eigenvalue weighted by atomic mass is 9.85. The molecule has 3 aromatic rings. The molecule has 0 aromatic carbocycles. The SMILES string of the molecule is CC1(C)CCc2nc3nc(-c4ccccn4)ccc3c(=O)n2C1. The van der Waals surface area contributed by atoms with Crippen LogP contribution in [0.3, 0.4) is 0 Å². The van der Waals surface area contributed by atoms with Crippen LogP contribution in [0, 0.1) is 5.41 Å². The molecule has 0 radical (unpaired) electrons. The van der Waals surface area contributed by atoms with Gasteiger partial charge in [-0.05, 0) is 36.1 Å². The average molecular weight is 306 g/mol. The fraction of sp³-hybridized carbons (Fsp3) is 0.333. The predicted molar refractivity (Wildman–Crippen MR) is 89.1 cm³/mol. The normalized spacial score (nSPS) is 16.3. The molecule has 0 unspecified atom stereocenters. The first-order valence-electron chi connectivity index (χ1n) is 7.85. The molecule has 0 N–H and O–H groups in total. The van der Waals surface area contributed by atoms with Crippen LogP contribution < -0.4 is 5.56 Å². The Bertz CT molecular complexity index is 944. The van der Waals surface area contributed by atoms with Gasteiger partial charge < -0.3 is 0 Å². The molecule has 5 nitrogen and oxygen atoms in total. The molecule has 116 valence electrons. The van der Waals surface area contributed by atoms with Gasteiger partial charge in [0.25, 0.3) is 5.56 Å². The van der Waals surface area contributed by atoms with Crippen LogP contribution in [0.2, 0.25) is 0 Å². The number of fused-ring (bicyclic) bond motifs is 2. The molecule has 1 aliphatic heterocycles. The van der Waals surface area contributed by atoms with Crippen LogP contribution in [0.4, 0.5) is 0 Å². The minimum atomic E-state index is 0.0119. The summed E-state index contributed by atoms with van der Waals surface area (Å²) in [6, 6.07) is 9.35. The zero-order valence-electron chi connectivity index (χ0n) is 13.3. The van der Waals surface area contributed by atoms with Crippen LogP contribution in [-0.2, 0) is 13.0 Å². The van der Waals surface area contributed by atoms with Crippen LogP contribution in [-0.4, -0.2) is 19.5 Å². The van der Waals surface area contributed by atoms with E-state index in [0.29, 0.717) is 17.6 Å². The molecule has 4 rings (SSSR count). The molecule has 0 amide bonds. The van der Waals surface area contributed by atoms with Crippen LogP contribution >= 0.6 is 0 Å². The summed E-state index contributed by atoms with van der Waals surface area (Å²) in [7, 11) is 0. The van der Waals surface area contributed by atoms with Gasteiger partial charge >= 0.3 is 0 Å². The Labute approximate surface area is 134 Å². The van der Waals surface area contributed by atoms with E-state index in [1.807, 2.05) is 34.9 Å². The minimum absolute atomic E-state index is 0.0119. The van der Waals surface area contributed by atoms with Gasteiger partial charge in [-0.2, -0.15) is 0 Å². The summed E-state index contributed by atoms with van der Waals surface area (Å²) < 4.78 is 1.81. The summed E-state index contributed by atoms with van der Waals surface area (Å²) in [5.74, 6) is 0.840. The first-order valence-corrected chi connectivity index (χ1v) is 7.85.